The fourth-order valence-corrected chi connectivity index (χ4v) is 2.06. The van der Waals surface area contributed by atoms with Crippen molar-refractivity contribution in [1.29, 1.82) is 0 Å². The smallest absolute Gasteiger partial charge is 0.272 e. The molecular weight excluding hydrogens is 288 g/mol. The van der Waals surface area contributed by atoms with Crippen molar-refractivity contribution in [3.63, 3.8) is 0 Å². The van der Waals surface area contributed by atoms with Crippen LogP contribution in [0.3, 0.4) is 0 Å². The molecule has 0 aliphatic carbocycles. The summed E-state index contributed by atoms with van der Waals surface area (Å²) in [5, 5.41) is 12.1. The van der Waals surface area contributed by atoms with Gasteiger partial charge in [0.15, 0.2) is 0 Å². The van der Waals surface area contributed by atoms with Crippen LogP contribution in [0.2, 0.25) is 5.02 Å². The molecule has 0 bridgehead atoms. The molecule has 1 aromatic heterocycles. The molecule has 1 aromatic carbocycles. The van der Waals surface area contributed by atoms with Crippen molar-refractivity contribution in [3.8, 4) is 11.8 Å². The number of amides is 1. The van der Waals surface area contributed by atoms with Crippen molar-refractivity contribution in [1.82, 2.24) is 4.57 Å². The third-order valence-corrected chi connectivity index (χ3v) is 3.37. The van der Waals surface area contributed by atoms with Crippen molar-refractivity contribution in [2.24, 2.45) is 7.05 Å². The van der Waals surface area contributed by atoms with Crippen molar-refractivity contribution in [2.45, 2.75) is 6.92 Å². The van der Waals surface area contributed by atoms with Crippen LogP contribution in [0.15, 0.2) is 30.3 Å². The van der Waals surface area contributed by atoms with E-state index in [1.165, 1.54) is 0 Å². The normalized spacial score (nSPS) is 9.90. The Balaban J connectivity index is 2.31. The first-order chi connectivity index (χ1) is 10.0. The van der Waals surface area contributed by atoms with E-state index in [0.29, 0.717) is 22.0 Å². The van der Waals surface area contributed by atoms with Gasteiger partial charge < -0.3 is 15.0 Å². The number of aliphatic hydroxyl groups excluding tert-OH is 1. The van der Waals surface area contributed by atoms with Crippen LogP contribution in [0.5, 0.6) is 0 Å². The molecule has 2 aromatic rings. The Morgan fingerprint density at radius 3 is 2.76 bits per heavy atom. The fraction of sp³-hybridized carbons (Fsp3) is 0.188. The molecule has 0 radical (unpaired) electrons. The average Bonchev–Trinajstić information content (AvgIpc) is 2.79. The van der Waals surface area contributed by atoms with Crippen molar-refractivity contribution >= 4 is 23.2 Å². The number of hydrogen-bond acceptors (Lipinski definition) is 2. The zero-order valence-corrected chi connectivity index (χ0v) is 12.5. The van der Waals surface area contributed by atoms with Crippen molar-refractivity contribution < 1.29 is 9.90 Å². The van der Waals surface area contributed by atoms with Crippen molar-refractivity contribution in [2.75, 3.05) is 11.9 Å². The van der Waals surface area contributed by atoms with Gasteiger partial charge in [-0.15, -0.1) is 0 Å². The van der Waals surface area contributed by atoms with Crippen LogP contribution < -0.4 is 5.32 Å². The summed E-state index contributed by atoms with van der Waals surface area (Å²) in [5.74, 6) is 5.10. The van der Waals surface area contributed by atoms with E-state index in [0.717, 1.165) is 5.69 Å². The van der Waals surface area contributed by atoms with Crippen LogP contribution in [-0.4, -0.2) is 22.2 Å². The minimum atomic E-state index is -0.253. The van der Waals surface area contributed by atoms with Gasteiger partial charge in [0, 0.05) is 23.3 Å². The molecule has 0 aliphatic heterocycles. The first-order valence-electron chi connectivity index (χ1n) is 6.36. The number of carbonyl (C=O) groups is 1. The zero-order valence-electron chi connectivity index (χ0n) is 11.8. The summed E-state index contributed by atoms with van der Waals surface area (Å²) in [5.41, 5.74) is 2.68. The molecule has 0 saturated carbocycles. The van der Waals surface area contributed by atoms with Gasteiger partial charge in [-0.1, -0.05) is 23.4 Å². The third kappa shape index (κ3) is 3.46. The maximum atomic E-state index is 12.3. The fourth-order valence-electron chi connectivity index (χ4n) is 1.89. The van der Waals surface area contributed by atoms with Crippen LogP contribution in [0.25, 0.3) is 0 Å². The number of nitrogens with one attached hydrogen (secondary N) is 1. The molecule has 2 N–H and O–H groups in total. The summed E-state index contributed by atoms with van der Waals surface area (Å²) < 4.78 is 1.81. The minimum absolute atomic E-state index is 0.222. The van der Waals surface area contributed by atoms with Gasteiger partial charge in [0.25, 0.3) is 5.91 Å². The molecule has 0 aliphatic rings. The van der Waals surface area contributed by atoms with Crippen LogP contribution in [0.1, 0.15) is 21.7 Å². The van der Waals surface area contributed by atoms with E-state index in [-0.39, 0.29) is 12.5 Å². The highest BCUT2D eigenvalue weighted by Gasteiger charge is 2.12. The first kappa shape index (κ1) is 15.2. The number of benzene rings is 1. The highest BCUT2D eigenvalue weighted by atomic mass is 35.5. The van der Waals surface area contributed by atoms with E-state index in [9.17, 15) is 4.79 Å². The van der Waals surface area contributed by atoms with Gasteiger partial charge in [0.2, 0.25) is 0 Å². The molecule has 2 rings (SSSR count). The molecule has 0 spiro atoms. The van der Waals surface area contributed by atoms with E-state index < -0.39 is 0 Å². The first-order valence-corrected chi connectivity index (χ1v) is 6.73. The summed E-state index contributed by atoms with van der Waals surface area (Å²) in [4.78, 5) is 12.3. The van der Waals surface area contributed by atoms with Crippen molar-refractivity contribution in [3.05, 3.63) is 52.3 Å². The predicted octanol–water partition coefficient (Wildman–Crippen LogP) is 2.58. The zero-order chi connectivity index (χ0) is 15.4. The molecule has 0 unspecified atom stereocenters. The molecule has 1 amide bonds. The standard InChI is InChI=1S/C16H15ClN2O2/c1-11-5-8-15(19(11)2)16(21)18-14-7-6-13(17)10-12(14)4-3-9-20/h5-8,10,20H,9H2,1-2H3,(H,18,21). The molecule has 108 valence electrons. The Kier molecular flexibility index (Phi) is 4.69. The lowest BCUT2D eigenvalue weighted by Gasteiger charge is -2.09. The molecule has 1 heterocycles. The summed E-state index contributed by atoms with van der Waals surface area (Å²) in [6.45, 7) is 1.67. The van der Waals surface area contributed by atoms with Gasteiger partial charge in [-0.25, -0.2) is 0 Å². The van der Waals surface area contributed by atoms with Crippen LogP contribution in [0, 0.1) is 18.8 Å². The van der Waals surface area contributed by atoms with E-state index in [1.807, 2.05) is 24.6 Å². The Morgan fingerprint density at radius 1 is 1.38 bits per heavy atom. The number of halogens is 1. The Hall–Kier alpha value is -2.22. The van der Waals surface area contributed by atoms with Crippen LogP contribution in [-0.2, 0) is 7.05 Å². The predicted molar refractivity (Wildman–Crippen MR) is 83.5 cm³/mol. The largest absolute Gasteiger partial charge is 0.384 e. The number of hydrogen-bond donors (Lipinski definition) is 2. The second-order valence-electron chi connectivity index (χ2n) is 4.52. The van der Waals surface area contributed by atoms with E-state index >= 15 is 0 Å². The number of aliphatic hydroxyl groups is 1. The molecule has 21 heavy (non-hydrogen) atoms. The van der Waals surface area contributed by atoms with Crippen LogP contribution in [0.4, 0.5) is 5.69 Å². The number of nitrogens with zero attached hydrogens (tertiary/aromatic N) is 1. The van der Waals surface area contributed by atoms with Gasteiger partial charge in [-0.3, -0.25) is 4.79 Å². The van der Waals surface area contributed by atoms with E-state index in [1.54, 1.807) is 24.3 Å². The quantitative estimate of drug-likeness (QED) is 0.838. The third-order valence-electron chi connectivity index (χ3n) is 3.14. The number of aryl methyl sites for hydroxylation is 1. The summed E-state index contributed by atoms with van der Waals surface area (Å²) in [7, 11) is 1.83. The average molecular weight is 303 g/mol. The lowest BCUT2D eigenvalue weighted by Crippen LogP contribution is -2.16. The SMILES string of the molecule is Cc1ccc(C(=O)Nc2ccc(Cl)cc2C#CCO)n1C. The second-order valence-corrected chi connectivity index (χ2v) is 4.96. The molecule has 0 fully saturated rings. The maximum absolute atomic E-state index is 12.3. The Bertz CT molecular complexity index is 738. The number of rotatable bonds is 2. The lowest BCUT2D eigenvalue weighted by atomic mass is 10.1. The highest BCUT2D eigenvalue weighted by molar-refractivity contribution is 6.30. The van der Waals surface area contributed by atoms with Gasteiger partial charge >= 0.3 is 0 Å². The minimum Gasteiger partial charge on any atom is -0.384 e. The van der Waals surface area contributed by atoms with Gasteiger partial charge in [0.05, 0.1) is 5.69 Å². The Morgan fingerprint density at radius 2 is 2.14 bits per heavy atom. The van der Waals surface area contributed by atoms with Gasteiger partial charge in [0.1, 0.15) is 12.3 Å². The molecule has 4 nitrogen and oxygen atoms in total. The summed E-state index contributed by atoms with van der Waals surface area (Å²) in [6, 6.07) is 8.66. The molecule has 0 saturated heterocycles. The Labute approximate surface area is 128 Å². The lowest BCUT2D eigenvalue weighted by molar-refractivity contribution is 0.101. The number of anilines is 1. The second kappa shape index (κ2) is 6.49. The van der Waals surface area contributed by atoms with Gasteiger partial charge in [-0.2, -0.15) is 0 Å². The summed E-state index contributed by atoms with van der Waals surface area (Å²) >= 11 is 5.93. The highest BCUT2D eigenvalue weighted by Crippen LogP contribution is 2.21. The molecule has 0 atom stereocenters. The van der Waals surface area contributed by atoms with E-state index in [4.69, 9.17) is 16.7 Å². The van der Waals surface area contributed by atoms with Gasteiger partial charge in [-0.05, 0) is 37.3 Å². The topological polar surface area (TPSA) is 54.3 Å². The molecule has 5 heteroatoms. The van der Waals surface area contributed by atoms with Crippen LogP contribution >= 0.6 is 11.6 Å². The maximum Gasteiger partial charge on any atom is 0.272 e. The monoisotopic (exact) mass is 302 g/mol. The number of aromatic nitrogens is 1. The molecular formula is C16H15ClN2O2. The summed E-state index contributed by atoms with van der Waals surface area (Å²) in [6.07, 6.45) is 0. The number of carbonyl (C=O) groups excluding carboxylic acids is 1. The van der Waals surface area contributed by atoms with E-state index in [2.05, 4.69) is 17.2 Å².